The zero-order valence-electron chi connectivity index (χ0n) is 16.2. The molecule has 1 aromatic rings. The summed E-state index contributed by atoms with van der Waals surface area (Å²) in [6.07, 6.45) is 3.49. The SMILES string of the molecule is CCC.CCCN(CCC)c1cc(C)nc(OCCOCCO)c1. The van der Waals surface area contributed by atoms with Gasteiger partial charge in [0.1, 0.15) is 6.61 Å². The highest BCUT2D eigenvalue weighted by Gasteiger charge is 2.08. The van der Waals surface area contributed by atoms with Crippen molar-refractivity contribution >= 4 is 5.69 Å². The molecule has 0 bridgehead atoms. The minimum absolute atomic E-state index is 0.0375. The summed E-state index contributed by atoms with van der Waals surface area (Å²) in [5.41, 5.74) is 2.12. The summed E-state index contributed by atoms with van der Waals surface area (Å²) in [5.74, 6) is 0.634. The molecule has 0 radical (unpaired) electrons. The summed E-state index contributed by atoms with van der Waals surface area (Å²) in [6.45, 7) is 14.0. The number of nitrogens with zero attached hydrogens (tertiary/aromatic N) is 2. The van der Waals surface area contributed by atoms with E-state index in [4.69, 9.17) is 14.6 Å². The van der Waals surface area contributed by atoms with Crippen molar-refractivity contribution in [2.45, 2.75) is 53.9 Å². The van der Waals surface area contributed by atoms with Crippen molar-refractivity contribution in [3.8, 4) is 5.88 Å². The van der Waals surface area contributed by atoms with Gasteiger partial charge in [-0.05, 0) is 25.8 Å². The molecule has 140 valence electrons. The van der Waals surface area contributed by atoms with Crippen LogP contribution in [0.25, 0.3) is 0 Å². The fraction of sp³-hybridized carbons (Fsp3) is 0.737. The lowest BCUT2D eigenvalue weighted by atomic mass is 10.2. The zero-order valence-corrected chi connectivity index (χ0v) is 16.2. The van der Waals surface area contributed by atoms with Gasteiger partial charge in [-0.1, -0.05) is 34.1 Å². The van der Waals surface area contributed by atoms with Gasteiger partial charge in [-0.25, -0.2) is 4.98 Å². The smallest absolute Gasteiger partial charge is 0.215 e. The summed E-state index contributed by atoms with van der Waals surface area (Å²) in [7, 11) is 0. The molecule has 0 amide bonds. The highest BCUT2D eigenvalue weighted by atomic mass is 16.5. The van der Waals surface area contributed by atoms with E-state index in [9.17, 15) is 0 Å². The highest BCUT2D eigenvalue weighted by molar-refractivity contribution is 5.49. The second kappa shape index (κ2) is 15.2. The molecule has 1 rings (SSSR count). The molecule has 1 aromatic heterocycles. The maximum Gasteiger partial charge on any atom is 0.215 e. The van der Waals surface area contributed by atoms with Crippen molar-refractivity contribution in [2.24, 2.45) is 0 Å². The fourth-order valence-corrected chi connectivity index (χ4v) is 2.16. The van der Waals surface area contributed by atoms with E-state index in [0.717, 1.165) is 37.3 Å². The Labute approximate surface area is 148 Å². The van der Waals surface area contributed by atoms with Crippen molar-refractivity contribution in [2.75, 3.05) is 44.4 Å². The Morgan fingerprint density at radius 1 is 1.00 bits per heavy atom. The minimum Gasteiger partial charge on any atom is -0.475 e. The van der Waals surface area contributed by atoms with Gasteiger partial charge < -0.3 is 19.5 Å². The first-order valence-electron chi connectivity index (χ1n) is 9.17. The van der Waals surface area contributed by atoms with Gasteiger partial charge in [-0.2, -0.15) is 0 Å². The van der Waals surface area contributed by atoms with Gasteiger partial charge in [-0.3, -0.25) is 0 Å². The molecule has 1 heterocycles. The molecule has 0 aliphatic rings. The van der Waals surface area contributed by atoms with Gasteiger partial charge in [0.2, 0.25) is 5.88 Å². The van der Waals surface area contributed by atoms with Crippen LogP contribution in [0.2, 0.25) is 0 Å². The van der Waals surface area contributed by atoms with Crippen molar-refractivity contribution in [1.29, 1.82) is 0 Å². The molecular weight excluding hydrogens is 304 g/mol. The second-order valence-electron chi connectivity index (χ2n) is 5.68. The lowest BCUT2D eigenvalue weighted by Crippen LogP contribution is -2.25. The van der Waals surface area contributed by atoms with Crippen LogP contribution in [0, 0.1) is 6.92 Å². The third kappa shape index (κ3) is 10.4. The highest BCUT2D eigenvalue weighted by Crippen LogP contribution is 2.21. The predicted molar refractivity (Wildman–Crippen MR) is 101 cm³/mol. The number of hydrogen-bond donors (Lipinski definition) is 1. The molecule has 0 aliphatic heterocycles. The second-order valence-corrected chi connectivity index (χ2v) is 5.68. The van der Waals surface area contributed by atoms with Crippen LogP contribution >= 0.6 is 0 Å². The maximum atomic E-state index is 8.63. The number of ether oxygens (including phenoxy) is 2. The van der Waals surface area contributed by atoms with E-state index in [0.29, 0.717) is 25.7 Å². The first-order chi connectivity index (χ1) is 11.6. The third-order valence-electron chi connectivity index (χ3n) is 2.98. The minimum atomic E-state index is 0.0375. The molecule has 0 aromatic carbocycles. The number of hydrogen-bond acceptors (Lipinski definition) is 5. The van der Waals surface area contributed by atoms with Crippen LogP contribution in [-0.2, 0) is 4.74 Å². The maximum absolute atomic E-state index is 8.63. The molecule has 0 saturated carbocycles. The Balaban J connectivity index is 0.00000163. The quantitative estimate of drug-likeness (QED) is 0.621. The Bertz CT molecular complexity index is 408. The summed E-state index contributed by atoms with van der Waals surface area (Å²) < 4.78 is 10.8. The lowest BCUT2D eigenvalue weighted by molar-refractivity contribution is 0.0695. The van der Waals surface area contributed by atoms with Crippen LogP contribution in [0.1, 0.15) is 52.7 Å². The van der Waals surface area contributed by atoms with Crippen LogP contribution in [0.5, 0.6) is 5.88 Å². The van der Waals surface area contributed by atoms with Crippen molar-refractivity contribution in [3.05, 3.63) is 17.8 Å². The molecule has 1 N–H and O–H groups in total. The average molecular weight is 341 g/mol. The number of pyridine rings is 1. The van der Waals surface area contributed by atoms with Crippen molar-refractivity contribution < 1.29 is 14.6 Å². The summed E-state index contributed by atoms with van der Waals surface area (Å²) in [4.78, 5) is 6.77. The van der Waals surface area contributed by atoms with Crippen LogP contribution in [0.3, 0.4) is 0 Å². The molecule has 0 atom stereocenters. The van der Waals surface area contributed by atoms with Crippen LogP contribution in [-0.4, -0.2) is 49.6 Å². The molecule has 0 unspecified atom stereocenters. The van der Waals surface area contributed by atoms with E-state index in [1.807, 2.05) is 13.0 Å². The normalized spacial score (nSPS) is 10.1. The van der Waals surface area contributed by atoms with E-state index in [-0.39, 0.29) is 6.61 Å². The standard InChI is InChI=1S/C16H28N2O3.C3H8/c1-4-6-18(7-5-2)15-12-14(3)17-16(13-15)21-11-10-20-9-8-19;1-3-2/h12-13,19H,4-11H2,1-3H3;3H2,1-2H3. The van der Waals surface area contributed by atoms with Gasteiger partial charge in [-0.15, -0.1) is 0 Å². The molecule has 0 spiro atoms. The Kier molecular flexibility index (Phi) is 14.4. The number of aromatic nitrogens is 1. The number of aliphatic hydroxyl groups excluding tert-OH is 1. The Hall–Kier alpha value is -1.33. The number of aliphatic hydroxyl groups is 1. The molecule has 24 heavy (non-hydrogen) atoms. The predicted octanol–water partition coefficient (Wildman–Crippen LogP) is 3.82. The van der Waals surface area contributed by atoms with E-state index >= 15 is 0 Å². The first-order valence-corrected chi connectivity index (χ1v) is 9.17. The largest absolute Gasteiger partial charge is 0.475 e. The van der Waals surface area contributed by atoms with Gasteiger partial charge >= 0.3 is 0 Å². The third-order valence-corrected chi connectivity index (χ3v) is 2.98. The molecule has 0 fully saturated rings. The monoisotopic (exact) mass is 340 g/mol. The van der Waals surface area contributed by atoms with E-state index < -0.39 is 0 Å². The molecule has 5 heteroatoms. The lowest BCUT2D eigenvalue weighted by Gasteiger charge is -2.24. The van der Waals surface area contributed by atoms with Gasteiger partial charge in [0.05, 0.1) is 19.8 Å². The zero-order chi connectivity index (χ0) is 18.2. The van der Waals surface area contributed by atoms with Gasteiger partial charge in [0, 0.05) is 30.5 Å². The summed E-state index contributed by atoms with van der Waals surface area (Å²) in [6, 6.07) is 4.09. The Morgan fingerprint density at radius 2 is 1.62 bits per heavy atom. The van der Waals surface area contributed by atoms with E-state index in [1.165, 1.54) is 6.42 Å². The fourth-order valence-electron chi connectivity index (χ4n) is 2.16. The van der Waals surface area contributed by atoms with Gasteiger partial charge in [0.15, 0.2) is 0 Å². The molecule has 5 nitrogen and oxygen atoms in total. The number of anilines is 1. The molecular formula is C19H36N2O3. The number of rotatable bonds is 11. The van der Waals surface area contributed by atoms with Crippen LogP contribution in [0.15, 0.2) is 12.1 Å². The summed E-state index contributed by atoms with van der Waals surface area (Å²) >= 11 is 0. The van der Waals surface area contributed by atoms with Gasteiger partial charge in [0.25, 0.3) is 0 Å². The number of aryl methyl sites for hydroxylation is 1. The molecule has 0 saturated heterocycles. The van der Waals surface area contributed by atoms with E-state index in [2.05, 4.69) is 43.6 Å². The topological polar surface area (TPSA) is 54.8 Å². The van der Waals surface area contributed by atoms with Crippen LogP contribution < -0.4 is 9.64 Å². The van der Waals surface area contributed by atoms with Crippen molar-refractivity contribution in [1.82, 2.24) is 4.98 Å². The van der Waals surface area contributed by atoms with E-state index in [1.54, 1.807) is 0 Å². The molecule has 0 aliphatic carbocycles. The van der Waals surface area contributed by atoms with Crippen molar-refractivity contribution in [3.63, 3.8) is 0 Å². The summed E-state index contributed by atoms with van der Waals surface area (Å²) in [5, 5.41) is 8.63. The Morgan fingerprint density at radius 3 is 2.17 bits per heavy atom. The van der Waals surface area contributed by atoms with Crippen LogP contribution in [0.4, 0.5) is 5.69 Å². The average Bonchev–Trinajstić information content (AvgIpc) is 2.55. The first kappa shape index (κ1) is 22.7.